The van der Waals surface area contributed by atoms with Crippen LogP contribution in [0.25, 0.3) is 23.1 Å². The zero-order chi connectivity index (χ0) is 28.5. The third-order valence-corrected chi connectivity index (χ3v) is 8.21. The van der Waals surface area contributed by atoms with Gasteiger partial charge in [-0.15, -0.1) is 0 Å². The molecule has 1 atom stereocenters. The van der Waals surface area contributed by atoms with E-state index in [1.165, 1.54) is 11.1 Å². The summed E-state index contributed by atoms with van der Waals surface area (Å²) in [5.41, 5.74) is 6.57. The number of aliphatic hydroxyl groups is 1. The number of rotatable bonds is 10. The number of hydrogen-bond donors (Lipinski definition) is 2. The van der Waals surface area contributed by atoms with Gasteiger partial charge in [-0.2, -0.15) is 12.6 Å². The van der Waals surface area contributed by atoms with Crippen LogP contribution in [0.15, 0.2) is 78.9 Å². The number of carbonyl (C=O) groups excluding carboxylic acids is 1. The summed E-state index contributed by atoms with van der Waals surface area (Å²) in [4.78, 5) is 14.8. The Balaban J connectivity index is 0.000000396. The zero-order valence-electron chi connectivity index (χ0n) is 23.7. The third kappa shape index (κ3) is 10.3. The number of carbonyl (C=O) groups is 1. The number of halogens is 1. The summed E-state index contributed by atoms with van der Waals surface area (Å²) in [6.07, 6.45) is 8.93. The van der Waals surface area contributed by atoms with E-state index in [4.69, 9.17) is 11.6 Å². The van der Waals surface area contributed by atoms with Gasteiger partial charge in [-0.05, 0) is 103 Å². The largest absolute Gasteiger partial charge is 1.00 e. The number of aryl methyl sites for hydroxylation is 2. The average molecular weight is 596 g/mol. The van der Waals surface area contributed by atoms with Crippen LogP contribution in [0.5, 0.6) is 0 Å². The molecular formula is C34H35ClNNaO3S. The van der Waals surface area contributed by atoms with Crippen molar-refractivity contribution in [1.82, 2.24) is 4.98 Å². The Morgan fingerprint density at radius 1 is 1.05 bits per heavy atom. The first-order chi connectivity index (χ1) is 19.3. The number of benzene rings is 3. The molecule has 0 amide bonds. The van der Waals surface area contributed by atoms with Gasteiger partial charge in [0.15, 0.2) is 0 Å². The van der Waals surface area contributed by atoms with Crippen LogP contribution in [-0.4, -0.2) is 21.8 Å². The molecule has 7 heteroatoms. The monoisotopic (exact) mass is 595 g/mol. The van der Waals surface area contributed by atoms with Crippen molar-refractivity contribution in [2.24, 2.45) is 5.41 Å². The number of aliphatic hydroxyl groups excluding tert-OH is 1. The van der Waals surface area contributed by atoms with Crippen molar-refractivity contribution < 1.29 is 44.6 Å². The van der Waals surface area contributed by atoms with Crippen molar-refractivity contribution in [1.29, 1.82) is 0 Å². The fourth-order valence-corrected chi connectivity index (χ4v) is 5.35. The van der Waals surface area contributed by atoms with Gasteiger partial charge in [0, 0.05) is 16.4 Å². The standard InChI is InChI=1S/C28H26ClNO.C6H10O2S.Na/c1-20(31)27-11-3-2-9-23(27)10-5-8-21-6-4-7-22(18-21)12-16-26-17-14-24-13-15-25(29)19-28(24)30-26;7-5(8)3-6(4-9)1-2-6;/h2-4,6-7,9,11-20,31H,5,8,10H2,1H3;9H,1-4H2,(H,7,8);/q;;+1/p-1/b16-12+;;. The summed E-state index contributed by atoms with van der Waals surface area (Å²) < 4.78 is 0. The normalized spacial score (nSPS) is 14.1. The minimum absolute atomic E-state index is 0. The van der Waals surface area contributed by atoms with Crippen molar-refractivity contribution in [2.75, 3.05) is 5.75 Å². The molecule has 1 unspecified atom stereocenters. The first-order valence-electron chi connectivity index (χ1n) is 13.7. The Kier molecular flexibility index (Phi) is 13.0. The molecule has 0 bridgehead atoms. The molecule has 1 heterocycles. The summed E-state index contributed by atoms with van der Waals surface area (Å²) in [5, 5.41) is 21.8. The fourth-order valence-electron chi connectivity index (χ4n) is 4.76. The molecule has 4 nitrogen and oxygen atoms in total. The summed E-state index contributed by atoms with van der Waals surface area (Å²) in [7, 11) is 0. The van der Waals surface area contributed by atoms with Crippen molar-refractivity contribution in [3.63, 3.8) is 0 Å². The van der Waals surface area contributed by atoms with Gasteiger partial charge in [0.2, 0.25) is 0 Å². The average Bonchev–Trinajstić information content (AvgIpc) is 3.71. The van der Waals surface area contributed by atoms with Crippen molar-refractivity contribution in [2.45, 2.75) is 51.6 Å². The van der Waals surface area contributed by atoms with Crippen molar-refractivity contribution in [3.8, 4) is 0 Å². The Bertz CT molecular complexity index is 1490. The number of nitrogens with zero attached hydrogens (tertiary/aromatic N) is 1. The van der Waals surface area contributed by atoms with Crippen LogP contribution in [0.4, 0.5) is 0 Å². The van der Waals surface area contributed by atoms with Gasteiger partial charge >= 0.3 is 29.6 Å². The second-order valence-electron chi connectivity index (χ2n) is 10.6. The molecule has 1 fully saturated rings. The summed E-state index contributed by atoms with van der Waals surface area (Å²) in [6.45, 7) is 1.83. The Morgan fingerprint density at radius 2 is 1.80 bits per heavy atom. The minimum Gasteiger partial charge on any atom is -0.550 e. The fraction of sp³-hybridized carbons (Fsp3) is 0.294. The van der Waals surface area contributed by atoms with Crippen LogP contribution < -0.4 is 34.7 Å². The molecule has 5 rings (SSSR count). The predicted molar refractivity (Wildman–Crippen MR) is 166 cm³/mol. The molecule has 1 aliphatic rings. The van der Waals surface area contributed by atoms with Crippen LogP contribution in [0.1, 0.15) is 66.7 Å². The Hall–Kier alpha value is -2.12. The summed E-state index contributed by atoms with van der Waals surface area (Å²) >= 11 is 10.1. The molecule has 4 aromatic rings. The van der Waals surface area contributed by atoms with E-state index in [0.29, 0.717) is 10.8 Å². The smallest absolute Gasteiger partial charge is 0.550 e. The molecule has 0 aliphatic heterocycles. The maximum Gasteiger partial charge on any atom is 1.00 e. The minimum atomic E-state index is -0.943. The van der Waals surface area contributed by atoms with Crippen LogP contribution in [-0.2, 0) is 17.6 Å². The van der Waals surface area contributed by atoms with Gasteiger partial charge in [-0.3, -0.25) is 0 Å². The molecule has 41 heavy (non-hydrogen) atoms. The van der Waals surface area contributed by atoms with E-state index in [1.807, 2.05) is 55.5 Å². The van der Waals surface area contributed by atoms with Gasteiger partial charge in [-0.25, -0.2) is 4.98 Å². The molecule has 1 aromatic heterocycles. The van der Waals surface area contributed by atoms with E-state index >= 15 is 0 Å². The van der Waals surface area contributed by atoms with E-state index in [1.54, 1.807) is 0 Å². The molecule has 0 spiro atoms. The topological polar surface area (TPSA) is 73.2 Å². The molecule has 1 saturated carbocycles. The van der Waals surface area contributed by atoms with Crippen molar-refractivity contribution >= 4 is 53.3 Å². The van der Waals surface area contributed by atoms with Gasteiger partial charge in [0.25, 0.3) is 0 Å². The Morgan fingerprint density at radius 3 is 2.49 bits per heavy atom. The first-order valence-corrected chi connectivity index (χ1v) is 14.7. The number of carboxylic acid groups (broad SMARTS) is 1. The predicted octanol–water partition coefficient (Wildman–Crippen LogP) is 4.13. The molecule has 1 N–H and O–H groups in total. The van der Waals surface area contributed by atoms with E-state index in [2.05, 4.69) is 60.1 Å². The van der Waals surface area contributed by atoms with Crippen LogP contribution in [0.3, 0.4) is 0 Å². The number of aliphatic carboxylic acids is 1. The van der Waals surface area contributed by atoms with Gasteiger partial charge in [0.1, 0.15) is 0 Å². The van der Waals surface area contributed by atoms with Gasteiger partial charge in [-0.1, -0.05) is 78.3 Å². The Labute approximate surface area is 275 Å². The van der Waals surface area contributed by atoms with Gasteiger partial charge in [0.05, 0.1) is 17.3 Å². The quantitative estimate of drug-likeness (QED) is 0.214. The van der Waals surface area contributed by atoms with E-state index in [-0.39, 0.29) is 41.4 Å². The molecular weight excluding hydrogens is 561 g/mol. The first kappa shape index (κ1) is 33.4. The van der Waals surface area contributed by atoms with E-state index in [9.17, 15) is 15.0 Å². The number of thiol groups is 1. The zero-order valence-corrected chi connectivity index (χ0v) is 27.4. The van der Waals surface area contributed by atoms with Crippen LogP contribution >= 0.6 is 24.2 Å². The van der Waals surface area contributed by atoms with Crippen LogP contribution in [0.2, 0.25) is 5.02 Å². The molecule has 1 aliphatic carbocycles. The molecule has 208 valence electrons. The van der Waals surface area contributed by atoms with E-state index in [0.717, 1.165) is 59.8 Å². The second kappa shape index (κ2) is 15.9. The van der Waals surface area contributed by atoms with E-state index < -0.39 is 12.1 Å². The number of hydrogen-bond acceptors (Lipinski definition) is 5. The van der Waals surface area contributed by atoms with Gasteiger partial charge < -0.3 is 15.0 Å². The molecule has 3 aromatic carbocycles. The van der Waals surface area contributed by atoms with Crippen molar-refractivity contribution in [3.05, 3.63) is 112 Å². The number of aromatic nitrogens is 1. The second-order valence-corrected chi connectivity index (χ2v) is 11.3. The third-order valence-electron chi connectivity index (χ3n) is 7.30. The number of carboxylic acids is 1. The SMILES string of the molecule is CC(O)c1ccccc1CCCc1cccc(/C=C/c2ccc3ccc(Cl)cc3n2)c1.O=C([O-])CC1(CS)CC1.[Na+]. The number of fused-ring (bicyclic) bond motifs is 1. The summed E-state index contributed by atoms with van der Waals surface area (Å²) in [5.74, 6) is -0.261. The maximum atomic E-state index is 10.1. The number of pyridine rings is 1. The molecule has 0 radical (unpaired) electrons. The molecule has 0 saturated heterocycles. The summed E-state index contributed by atoms with van der Waals surface area (Å²) in [6, 6.07) is 26.6. The maximum absolute atomic E-state index is 10.1. The van der Waals surface area contributed by atoms with Crippen LogP contribution in [0, 0.1) is 5.41 Å².